The Kier molecular flexibility index (Phi) is 4.98. The molecule has 2 aromatic carbocycles. The first-order valence-electron chi connectivity index (χ1n) is 7.67. The number of rotatable bonds is 5. The van der Waals surface area contributed by atoms with Gasteiger partial charge in [-0.25, -0.2) is 0 Å². The Morgan fingerprint density at radius 3 is 2.44 bits per heavy atom. The molecule has 0 radical (unpaired) electrons. The van der Waals surface area contributed by atoms with Crippen molar-refractivity contribution in [2.45, 2.75) is 6.42 Å². The maximum Gasteiger partial charge on any atom is 0.229 e. The fourth-order valence-electron chi connectivity index (χ4n) is 2.25. The Morgan fingerprint density at radius 1 is 0.960 bits per heavy atom. The summed E-state index contributed by atoms with van der Waals surface area (Å²) >= 11 is 0. The lowest BCUT2D eigenvalue weighted by molar-refractivity contribution is -0.115. The second kappa shape index (κ2) is 7.70. The molecule has 1 heterocycles. The molecule has 2 N–H and O–H groups in total. The smallest absolute Gasteiger partial charge is 0.229 e. The number of carbonyl (C=O) groups excluding carboxylic acids is 1. The van der Waals surface area contributed by atoms with E-state index in [1.165, 1.54) is 0 Å². The quantitative estimate of drug-likeness (QED) is 0.749. The van der Waals surface area contributed by atoms with Gasteiger partial charge >= 0.3 is 0 Å². The van der Waals surface area contributed by atoms with Gasteiger partial charge in [0.2, 0.25) is 5.91 Å². The minimum absolute atomic E-state index is 0.150. The molecular weight excluding hydrogens is 314 g/mol. The first kappa shape index (κ1) is 16.1. The topological polar surface area (TPSA) is 90.7 Å². The third kappa shape index (κ3) is 4.62. The number of carbonyl (C=O) groups is 1. The number of anilines is 3. The predicted octanol–water partition coefficient (Wildman–Crippen LogP) is 3.27. The molecule has 122 valence electrons. The summed E-state index contributed by atoms with van der Waals surface area (Å²) in [6.45, 7) is 0. The summed E-state index contributed by atoms with van der Waals surface area (Å²) in [5.41, 5.74) is 2.24. The van der Waals surface area contributed by atoms with Crippen molar-refractivity contribution in [2.75, 3.05) is 10.6 Å². The molecule has 0 aliphatic carbocycles. The lowest BCUT2D eigenvalue weighted by Gasteiger charge is -2.07. The van der Waals surface area contributed by atoms with Gasteiger partial charge in [0, 0.05) is 5.69 Å². The summed E-state index contributed by atoms with van der Waals surface area (Å²) in [5.74, 6) is 0.760. The molecule has 6 nitrogen and oxygen atoms in total. The fraction of sp³-hybridized carbons (Fsp3) is 0.0526. The van der Waals surface area contributed by atoms with Crippen LogP contribution < -0.4 is 10.6 Å². The summed E-state index contributed by atoms with van der Waals surface area (Å²) in [6.07, 6.45) is 0.281. The van der Waals surface area contributed by atoms with Crippen LogP contribution in [0.3, 0.4) is 0 Å². The standard InChI is InChI=1S/C19H15N5O/c20-13-15-7-4-8-16(11-15)21-17-9-10-18(24-23-17)22-19(25)12-14-5-2-1-3-6-14/h1-11H,12H2,(H,21,23)(H,22,24,25). The van der Waals surface area contributed by atoms with E-state index in [-0.39, 0.29) is 12.3 Å². The minimum atomic E-state index is -0.150. The zero-order valence-electron chi connectivity index (χ0n) is 13.3. The van der Waals surface area contributed by atoms with Gasteiger partial charge in [0.15, 0.2) is 11.6 Å². The van der Waals surface area contributed by atoms with Crippen LogP contribution in [0.5, 0.6) is 0 Å². The molecule has 0 unspecified atom stereocenters. The van der Waals surface area contributed by atoms with E-state index >= 15 is 0 Å². The molecule has 1 aromatic heterocycles. The molecular formula is C19H15N5O. The van der Waals surface area contributed by atoms with Crippen LogP contribution in [0, 0.1) is 11.3 Å². The van der Waals surface area contributed by atoms with Crippen LogP contribution in [0.25, 0.3) is 0 Å². The van der Waals surface area contributed by atoms with Gasteiger partial charge < -0.3 is 10.6 Å². The Morgan fingerprint density at radius 2 is 1.72 bits per heavy atom. The second-order valence-corrected chi connectivity index (χ2v) is 5.33. The number of hydrogen-bond donors (Lipinski definition) is 2. The van der Waals surface area contributed by atoms with Crippen LogP contribution in [0.1, 0.15) is 11.1 Å². The third-order valence-corrected chi connectivity index (χ3v) is 3.40. The van der Waals surface area contributed by atoms with Gasteiger partial charge in [-0.3, -0.25) is 4.79 Å². The fourth-order valence-corrected chi connectivity index (χ4v) is 2.25. The number of hydrogen-bond acceptors (Lipinski definition) is 5. The van der Waals surface area contributed by atoms with Crippen molar-refractivity contribution in [1.82, 2.24) is 10.2 Å². The maximum atomic E-state index is 12.0. The molecule has 25 heavy (non-hydrogen) atoms. The van der Waals surface area contributed by atoms with Crippen molar-refractivity contribution >= 4 is 23.2 Å². The molecule has 0 saturated carbocycles. The zero-order valence-corrected chi connectivity index (χ0v) is 13.3. The Labute approximate surface area is 145 Å². The predicted molar refractivity (Wildman–Crippen MR) is 95.2 cm³/mol. The van der Waals surface area contributed by atoms with Crippen molar-refractivity contribution in [3.63, 3.8) is 0 Å². The van der Waals surface area contributed by atoms with Crippen molar-refractivity contribution < 1.29 is 4.79 Å². The molecule has 0 aliphatic rings. The minimum Gasteiger partial charge on any atom is -0.339 e. The van der Waals surface area contributed by atoms with Crippen LogP contribution in [-0.2, 0) is 11.2 Å². The van der Waals surface area contributed by atoms with E-state index < -0.39 is 0 Å². The summed E-state index contributed by atoms with van der Waals surface area (Å²) in [4.78, 5) is 12.0. The van der Waals surface area contributed by atoms with Crippen LogP contribution >= 0.6 is 0 Å². The summed E-state index contributed by atoms with van der Waals surface area (Å²) in [6, 6.07) is 22.0. The van der Waals surface area contributed by atoms with Crippen molar-refractivity contribution in [2.24, 2.45) is 0 Å². The van der Waals surface area contributed by atoms with E-state index in [2.05, 4.69) is 26.9 Å². The third-order valence-electron chi connectivity index (χ3n) is 3.40. The van der Waals surface area contributed by atoms with Gasteiger partial charge in [0.1, 0.15) is 0 Å². The van der Waals surface area contributed by atoms with Crippen LogP contribution in [0.4, 0.5) is 17.3 Å². The van der Waals surface area contributed by atoms with Gasteiger partial charge in [-0.05, 0) is 35.9 Å². The highest BCUT2D eigenvalue weighted by Gasteiger charge is 2.06. The Balaban J connectivity index is 1.60. The molecule has 0 atom stereocenters. The first-order chi connectivity index (χ1) is 12.2. The molecule has 1 amide bonds. The van der Waals surface area contributed by atoms with E-state index in [4.69, 9.17) is 5.26 Å². The van der Waals surface area contributed by atoms with Crippen LogP contribution in [0.15, 0.2) is 66.7 Å². The highest BCUT2D eigenvalue weighted by Crippen LogP contribution is 2.16. The number of benzene rings is 2. The first-order valence-corrected chi connectivity index (χ1v) is 7.67. The van der Waals surface area contributed by atoms with Gasteiger partial charge in [0.05, 0.1) is 18.1 Å². The van der Waals surface area contributed by atoms with Gasteiger partial charge in [0.25, 0.3) is 0 Å². The van der Waals surface area contributed by atoms with E-state index in [1.54, 1.807) is 30.3 Å². The van der Waals surface area contributed by atoms with Gasteiger partial charge in [-0.1, -0.05) is 36.4 Å². The number of nitrogens with zero attached hydrogens (tertiary/aromatic N) is 3. The van der Waals surface area contributed by atoms with E-state index in [1.807, 2.05) is 36.4 Å². The molecule has 3 aromatic rings. The summed E-state index contributed by atoms with van der Waals surface area (Å²) in [7, 11) is 0. The molecule has 3 rings (SSSR count). The van der Waals surface area contributed by atoms with Crippen molar-refractivity contribution in [1.29, 1.82) is 5.26 Å². The maximum absolute atomic E-state index is 12.0. The van der Waals surface area contributed by atoms with E-state index in [0.717, 1.165) is 11.3 Å². The van der Waals surface area contributed by atoms with Crippen LogP contribution in [-0.4, -0.2) is 16.1 Å². The molecule has 0 aliphatic heterocycles. The van der Waals surface area contributed by atoms with Gasteiger partial charge in [-0.15, -0.1) is 10.2 Å². The van der Waals surface area contributed by atoms with Gasteiger partial charge in [-0.2, -0.15) is 5.26 Å². The number of nitriles is 1. The average Bonchev–Trinajstić information content (AvgIpc) is 2.64. The van der Waals surface area contributed by atoms with E-state index in [9.17, 15) is 4.79 Å². The second-order valence-electron chi connectivity index (χ2n) is 5.33. The van der Waals surface area contributed by atoms with Crippen LogP contribution in [0.2, 0.25) is 0 Å². The molecule has 0 fully saturated rings. The molecule has 6 heteroatoms. The zero-order chi connectivity index (χ0) is 17.5. The summed E-state index contributed by atoms with van der Waals surface area (Å²) < 4.78 is 0. The normalized spacial score (nSPS) is 9.88. The van der Waals surface area contributed by atoms with Crippen molar-refractivity contribution in [3.05, 3.63) is 77.9 Å². The number of amides is 1. The monoisotopic (exact) mass is 329 g/mol. The average molecular weight is 329 g/mol. The number of nitrogens with one attached hydrogen (secondary N) is 2. The Hall–Kier alpha value is -3.72. The highest BCUT2D eigenvalue weighted by molar-refractivity contribution is 5.91. The molecule has 0 spiro atoms. The lowest BCUT2D eigenvalue weighted by atomic mass is 10.1. The highest BCUT2D eigenvalue weighted by atomic mass is 16.1. The largest absolute Gasteiger partial charge is 0.339 e. The lowest BCUT2D eigenvalue weighted by Crippen LogP contribution is -2.15. The Bertz CT molecular complexity index is 901. The molecule has 0 bridgehead atoms. The molecule has 0 saturated heterocycles. The SMILES string of the molecule is N#Cc1cccc(Nc2ccc(NC(=O)Cc3ccccc3)nn2)c1. The summed E-state index contributed by atoms with van der Waals surface area (Å²) in [5, 5.41) is 22.7. The van der Waals surface area contributed by atoms with Crippen molar-refractivity contribution in [3.8, 4) is 6.07 Å². The number of aromatic nitrogens is 2. The van der Waals surface area contributed by atoms with E-state index in [0.29, 0.717) is 17.2 Å².